The zero-order chi connectivity index (χ0) is 14.0. The van der Waals surface area contributed by atoms with Crippen LogP contribution in [0.4, 0.5) is 0 Å². The molecule has 3 unspecified atom stereocenters. The fourth-order valence-electron chi connectivity index (χ4n) is 2.28. The van der Waals surface area contributed by atoms with Crippen molar-refractivity contribution in [3.63, 3.8) is 0 Å². The van der Waals surface area contributed by atoms with Gasteiger partial charge in [0, 0.05) is 12.2 Å². The highest BCUT2D eigenvalue weighted by Gasteiger charge is 2.35. The van der Waals surface area contributed by atoms with Gasteiger partial charge in [0.15, 0.2) is 7.37 Å². The third-order valence-electron chi connectivity index (χ3n) is 2.87. The lowest BCUT2D eigenvalue weighted by molar-refractivity contribution is -0.905. The van der Waals surface area contributed by atoms with Crippen LogP contribution in [0.15, 0.2) is 30.3 Å². The molecule has 1 aromatic rings. The highest BCUT2D eigenvalue weighted by atomic mass is 31.2. The van der Waals surface area contributed by atoms with Gasteiger partial charge in [-0.05, 0) is 0 Å². The van der Waals surface area contributed by atoms with E-state index in [1.54, 1.807) is 0 Å². The van der Waals surface area contributed by atoms with Crippen molar-refractivity contribution < 1.29 is 19.0 Å². The Kier molecular flexibility index (Phi) is 4.73. The summed E-state index contributed by atoms with van der Waals surface area (Å²) in [5, 5.41) is 10.3. The molecule has 18 heavy (non-hydrogen) atoms. The number of rotatable bonds is 5. The van der Waals surface area contributed by atoms with Gasteiger partial charge in [0.25, 0.3) is 0 Å². The predicted molar refractivity (Wildman–Crippen MR) is 73.8 cm³/mol. The van der Waals surface area contributed by atoms with Crippen molar-refractivity contribution in [2.75, 3.05) is 34.0 Å². The molecule has 1 rings (SSSR count). The first-order chi connectivity index (χ1) is 8.11. The van der Waals surface area contributed by atoms with E-state index >= 15 is 0 Å². The summed E-state index contributed by atoms with van der Waals surface area (Å²) in [6.45, 7) is 1.29. The van der Waals surface area contributed by atoms with Gasteiger partial charge in [-0.15, -0.1) is 0 Å². The Morgan fingerprint density at radius 3 is 2.11 bits per heavy atom. The van der Waals surface area contributed by atoms with E-state index in [4.69, 9.17) is 0 Å². The molecule has 0 radical (unpaired) electrons. The summed E-state index contributed by atoms with van der Waals surface area (Å²) in [5.74, 6) is 0. The van der Waals surface area contributed by atoms with Crippen molar-refractivity contribution in [2.24, 2.45) is 0 Å². The molecule has 0 amide bonds. The van der Waals surface area contributed by atoms with Gasteiger partial charge in [0.2, 0.25) is 0 Å². The molecule has 4 nitrogen and oxygen atoms in total. The van der Waals surface area contributed by atoms with Crippen LogP contribution in [0.5, 0.6) is 0 Å². The summed E-state index contributed by atoms with van der Waals surface area (Å²) < 4.78 is 12.0. The first kappa shape index (κ1) is 15.4. The Labute approximate surface area is 109 Å². The van der Waals surface area contributed by atoms with Gasteiger partial charge in [-0.3, -0.25) is 4.57 Å². The summed E-state index contributed by atoms with van der Waals surface area (Å²) in [6.07, 6.45) is -0.921. The van der Waals surface area contributed by atoms with Crippen LogP contribution in [-0.2, 0) is 4.57 Å². The number of benzene rings is 1. The topological polar surface area (TPSA) is 57.5 Å². The highest BCUT2D eigenvalue weighted by molar-refractivity contribution is 7.57. The molecule has 0 fully saturated rings. The van der Waals surface area contributed by atoms with Gasteiger partial charge < -0.3 is 14.5 Å². The summed E-state index contributed by atoms with van der Waals surface area (Å²) in [6, 6.07) is 9.40. The predicted octanol–water partition coefficient (Wildman–Crippen LogP) is 1.69. The van der Waals surface area contributed by atoms with Crippen LogP contribution in [0, 0.1) is 0 Å². The maximum atomic E-state index is 11.5. The largest absolute Gasteiger partial charge is 0.386 e. The Morgan fingerprint density at radius 2 is 1.72 bits per heavy atom. The molecule has 0 aliphatic rings. The molecular formula is C13H23NO3P+. The second-order valence-corrected chi connectivity index (χ2v) is 8.24. The summed E-state index contributed by atoms with van der Waals surface area (Å²) >= 11 is 0. The number of aliphatic hydroxyl groups excluding tert-OH is 1. The maximum Gasteiger partial charge on any atom is 0.200 e. The van der Waals surface area contributed by atoms with Crippen molar-refractivity contribution >= 4 is 7.37 Å². The number of hydrogen-bond acceptors (Lipinski definition) is 2. The van der Waals surface area contributed by atoms with E-state index in [0.717, 1.165) is 5.56 Å². The molecule has 2 N–H and O–H groups in total. The monoisotopic (exact) mass is 272 g/mol. The van der Waals surface area contributed by atoms with Crippen molar-refractivity contribution in [3.8, 4) is 0 Å². The minimum absolute atomic E-state index is 0.0813. The van der Waals surface area contributed by atoms with E-state index in [9.17, 15) is 14.6 Å². The molecule has 0 aliphatic heterocycles. The third kappa shape index (κ3) is 4.54. The molecule has 0 aromatic heterocycles. The smallest absolute Gasteiger partial charge is 0.200 e. The Bertz CT molecular complexity index is 422. The van der Waals surface area contributed by atoms with E-state index in [2.05, 4.69) is 0 Å². The molecule has 5 heteroatoms. The third-order valence-corrected chi connectivity index (χ3v) is 3.92. The fraction of sp³-hybridized carbons (Fsp3) is 0.538. The molecule has 3 atom stereocenters. The average molecular weight is 272 g/mol. The zero-order valence-electron chi connectivity index (χ0n) is 11.4. The Hall–Kier alpha value is -0.670. The van der Waals surface area contributed by atoms with Crippen molar-refractivity contribution in [2.45, 2.75) is 12.1 Å². The first-order valence-corrected chi connectivity index (χ1v) is 8.24. The number of likely N-dealkylation sites (N-methyl/N-ethyl adjacent to an activating group) is 1. The number of quaternary nitrogens is 1. The Morgan fingerprint density at radius 1 is 1.22 bits per heavy atom. The van der Waals surface area contributed by atoms with E-state index in [1.165, 1.54) is 6.66 Å². The van der Waals surface area contributed by atoms with Crippen LogP contribution in [0.25, 0.3) is 0 Å². The standard InChI is InChI=1S/C13H22NO3P/c1-14(2,3)13(11-8-6-5-7-9-11)12(15)10-18(4,16)17/h5-9,12-13,15H,10H2,1-4H3/p+1. The minimum Gasteiger partial charge on any atom is -0.386 e. The molecule has 0 saturated heterocycles. The van der Waals surface area contributed by atoms with Crippen molar-refractivity contribution in [1.82, 2.24) is 0 Å². The van der Waals surface area contributed by atoms with Gasteiger partial charge in [-0.25, -0.2) is 0 Å². The van der Waals surface area contributed by atoms with Crippen LogP contribution in [0.3, 0.4) is 0 Å². The summed E-state index contributed by atoms with van der Waals surface area (Å²) in [7, 11) is 2.69. The van der Waals surface area contributed by atoms with Gasteiger partial charge in [-0.2, -0.15) is 0 Å². The number of nitrogens with zero attached hydrogens (tertiary/aromatic N) is 1. The van der Waals surface area contributed by atoms with E-state index in [1.807, 2.05) is 51.5 Å². The second-order valence-electron chi connectivity index (χ2n) is 5.77. The van der Waals surface area contributed by atoms with Crippen LogP contribution in [0.2, 0.25) is 0 Å². The first-order valence-electron chi connectivity index (χ1n) is 5.94. The molecule has 0 heterocycles. The van der Waals surface area contributed by atoms with Gasteiger partial charge in [0.1, 0.15) is 12.1 Å². The van der Waals surface area contributed by atoms with Crippen LogP contribution >= 0.6 is 7.37 Å². The molecule has 0 bridgehead atoms. The molecule has 1 aromatic carbocycles. The van der Waals surface area contributed by atoms with Crippen LogP contribution < -0.4 is 0 Å². The van der Waals surface area contributed by atoms with Crippen LogP contribution in [0.1, 0.15) is 11.6 Å². The minimum atomic E-state index is -3.23. The maximum absolute atomic E-state index is 11.5. The molecule has 0 spiro atoms. The fourth-order valence-corrected chi connectivity index (χ4v) is 3.18. The lowest BCUT2D eigenvalue weighted by Gasteiger charge is -2.37. The number of hydrogen-bond donors (Lipinski definition) is 2. The normalized spacial score (nSPS) is 19.0. The molecular weight excluding hydrogens is 249 g/mol. The number of aliphatic hydroxyl groups is 1. The lowest BCUT2D eigenvalue weighted by atomic mass is 10.00. The van der Waals surface area contributed by atoms with Gasteiger partial charge in [-0.1, -0.05) is 30.3 Å². The second kappa shape index (κ2) is 5.54. The van der Waals surface area contributed by atoms with Gasteiger partial charge in [0.05, 0.1) is 27.3 Å². The summed E-state index contributed by atoms with van der Waals surface area (Å²) in [5.41, 5.74) is 0.978. The zero-order valence-corrected chi connectivity index (χ0v) is 12.3. The summed E-state index contributed by atoms with van der Waals surface area (Å²) in [4.78, 5) is 9.44. The van der Waals surface area contributed by atoms with E-state index < -0.39 is 13.5 Å². The quantitative estimate of drug-likeness (QED) is 0.633. The van der Waals surface area contributed by atoms with Crippen LogP contribution in [-0.4, -0.2) is 54.6 Å². The lowest BCUT2D eigenvalue weighted by Crippen LogP contribution is -2.46. The van der Waals surface area contributed by atoms with Gasteiger partial charge >= 0.3 is 0 Å². The van der Waals surface area contributed by atoms with Crippen molar-refractivity contribution in [1.29, 1.82) is 0 Å². The van der Waals surface area contributed by atoms with Crippen molar-refractivity contribution in [3.05, 3.63) is 35.9 Å². The SMILES string of the molecule is C[N+](C)(C)C(c1ccccc1)C(O)CP(C)(=O)O. The molecule has 0 aliphatic carbocycles. The molecule has 0 saturated carbocycles. The highest BCUT2D eigenvalue weighted by Crippen LogP contribution is 2.40. The molecule has 102 valence electrons. The average Bonchev–Trinajstić information content (AvgIpc) is 2.13. The Balaban J connectivity index is 3.04. The van der Waals surface area contributed by atoms with E-state index in [0.29, 0.717) is 4.48 Å². The van der Waals surface area contributed by atoms with E-state index in [-0.39, 0.29) is 12.2 Å².